The van der Waals surface area contributed by atoms with Crippen LogP contribution in [0.3, 0.4) is 0 Å². The van der Waals surface area contributed by atoms with Crippen LogP contribution in [0.4, 0.5) is 0 Å². The third kappa shape index (κ3) is 4.87. The lowest BCUT2D eigenvalue weighted by atomic mass is 9.75. The Morgan fingerprint density at radius 2 is 1.63 bits per heavy atom. The maximum atomic E-state index is 5.69. The second kappa shape index (κ2) is 6.95. The molecule has 0 bridgehead atoms. The first-order valence-corrected chi connectivity index (χ1v) is 7.26. The summed E-state index contributed by atoms with van der Waals surface area (Å²) in [5.41, 5.74) is 1.67. The molecule has 2 unspecified atom stereocenters. The Hall–Kier alpha value is -1.02. The molecule has 0 radical (unpaired) electrons. The van der Waals surface area contributed by atoms with Crippen LogP contribution in [0, 0.1) is 5.41 Å². The van der Waals surface area contributed by atoms with E-state index in [1.54, 1.807) is 0 Å². The van der Waals surface area contributed by atoms with E-state index in [0.717, 1.165) is 12.2 Å². The molecule has 1 aromatic carbocycles. The van der Waals surface area contributed by atoms with Gasteiger partial charge in [-0.25, -0.2) is 0 Å². The summed E-state index contributed by atoms with van der Waals surface area (Å²) in [6.45, 7) is 13.7. The van der Waals surface area contributed by atoms with Gasteiger partial charge >= 0.3 is 0 Å². The lowest BCUT2D eigenvalue weighted by Crippen LogP contribution is -2.18. The van der Waals surface area contributed by atoms with Crippen molar-refractivity contribution in [3.63, 3.8) is 0 Å². The monoisotopic (exact) mass is 264 g/mol. The lowest BCUT2D eigenvalue weighted by Gasteiger charge is -2.30. The minimum Gasteiger partial charge on any atom is -0.465 e. The predicted octanol–water partition coefficient (Wildman–Crippen LogP) is 4.99. The Bertz CT molecular complexity index is 362. The van der Waals surface area contributed by atoms with E-state index in [4.69, 9.17) is 9.47 Å². The first-order valence-electron chi connectivity index (χ1n) is 7.26. The van der Waals surface area contributed by atoms with Crippen molar-refractivity contribution < 1.29 is 9.47 Å². The van der Waals surface area contributed by atoms with Crippen LogP contribution in [0.15, 0.2) is 24.3 Å². The molecule has 108 valence electrons. The Morgan fingerprint density at radius 3 is 2.05 bits per heavy atom. The van der Waals surface area contributed by atoms with Crippen LogP contribution in [0.1, 0.15) is 59.4 Å². The standard InChI is InChI=1S/C17H28O2/c1-7-16(17(4,5)6)14-9-11-15(12-10-14)19-13(3)18-8-2/h9-13,16H,7-8H2,1-6H3. The number of hydrogen-bond acceptors (Lipinski definition) is 2. The SMILES string of the molecule is CCOC(C)Oc1ccc(C(CC)C(C)(C)C)cc1. The van der Waals surface area contributed by atoms with E-state index in [1.807, 2.05) is 26.0 Å². The summed E-state index contributed by atoms with van der Waals surface area (Å²) in [5.74, 6) is 1.44. The smallest absolute Gasteiger partial charge is 0.196 e. The summed E-state index contributed by atoms with van der Waals surface area (Å²) in [6, 6.07) is 8.43. The molecule has 0 saturated carbocycles. The Kier molecular flexibility index (Phi) is 5.86. The van der Waals surface area contributed by atoms with Crippen LogP contribution in [0.2, 0.25) is 0 Å². The van der Waals surface area contributed by atoms with Gasteiger partial charge in [0, 0.05) is 6.61 Å². The Morgan fingerprint density at radius 1 is 1.05 bits per heavy atom. The largest absolute Gasteiger partial charge is 0.465 e. The van der Waals surface area contributed by atoms with E-state index < -0.39 is 0 Å². The molecule has 19 heavy (non-hydrogen) atoms. The molecule has 0 aliphatic carbocycles. The minimum atomic E-state index is -0.194. The fourth-order valence-electron chi connectivity index (χ4n) is 2.59. The zero-order valence-corrected chi connectivity index (χ0v) is 13.2. The van der Waals surface area contributed by atoms with Crippen molar-refractivity contribution in [1.29, 1.82) is 0 Å². The van der Waals surface area contributed by atoms with E-state index in [1.165, 1.54) is 5.56 Å². The first kappa shape index (κ1) is 16.0. The zero-order valence-electron chi connectivity index (χ0n) is 13.2. The first-order chi connectivity index (χ1) is 8.88. The van der Waals surface area contributed by atoms with Gasteiger partial charge in [-0.2, -0.15) is 0 Å². The maximum absolute atomic E-state index is 5.69. The highest BCUT2D eigenvalue weighted by molar-refractivity contribution is 5.30. The Balaban J connectivity index is 2.75. The van der Waals surface area contributed by atoms with Gasteiger partial charge in [-0.05, 0) is 49.3 Å². The van der Waals surface area contributed by atoms with Crippen molar-refractivity contribution in [2.75, 3.05) is 6.61 Å². The van der Waals surface area contributed by atoms with Gasteiger partial charge in [0.25, 0.3) is 0 Å². The molecule has 0 saturated heterocycles. The molecule has 2 nitrogen and oxygen atoms in total. The lowest BCUT2D eigenvalue weighted by molar-refractivity contribution is -0.0613. The molecule has 2 atom stereocenters. The molecule has 2 heteroatoms. The molecule has 0 aliphatic rings. The molecule has 0 aliphatic heterocycles. The van der Waals surface area contributed by atoms with Crippen molar-refractivity contribution >= 4 is 0 Å². The van der Waals surface area contributed by atoms with Crippen molar-refractivity contribution in [3.8, 4) is 5.75 Å². The van der Waals surface area contributed by atoms with Crippen LogP contribution >= 0.6 is 0 Å². The van der Waals surface area contributed by atoms with Crippen molar-refractivity contribution in [1.82, 2.24) is 0 Å². The number of rotatable bonds is 6. The minimum absolute atomic E-state index is 0.194. The van der Waals surface area contributed by atoms with Crippen LogP contribution in [-0.4, -0.2) is 12.9 Å². The molecule has 1 aromatic rings. The summed E-state index contributed by atoms with van der Waals surface area (Å²) < 4.78 is 11.1. The molecule has 0 spiro atoms. The van der Waals surface area contributed by atoms with Crippen LogP contribution in [0.25, 0.3) is 0 Å². The van der Waals surface area contributed by atoms with Gasteiger partial charge in [0.15, 0.2) is 6.29 Å². The number of hydrogen-bond donors (Lipinski definition) is 0. The summed E-state index contributed by atoms with van der Waals surface area (Å²) in [5, 5.41) is 0. The van der Waals surface area contributed by atoms with Gasteiger partial charge < -0.3 is 9.47 Å². The fourth-order valence-corrected chi connectivity index (χ4v) is 2.59. The van der Waals surface area contributed by atoms with E-state index in [-0.39, 0.29) is 11.7 Å². The summed E-state index contributed by atoms with van der Waals surface area (Å²) in [6.07, 6.45) is 0.958. The zero-order chi connectivity index (χ0) is 14.5. The molecule has 0 amide bonds. The third-order valence-corrected chi connectivity index (χ3v) is 3.44. The highest BCUT2D eigenvalue weighted by atomic mass is 16.7. The highest BCUT2D eigenvalue weighted by Crippen LogP contribution is 2.37. The molecule has 1 rings (SSSR count). The molecular weight excluding hydrogens is 236 g/mol. The van der Waals surface area contributed by atoms with Gasteiger partial charge in [-0.1, -0.05) is 39.8 Å². The molecule has 0 N–H and O–H groups in total. The second-order valence-electron chi connectivity index (χ2n) is 6.04. The fraction of sp³-hybridized carbons (Fsp3) is 0.647. The van der Waals surface area contributed by atoms with Gasteiger partial charge in [0.1, 0.15) is 5.75 Å². The van der Waals surface area contributed by atoms with Gasteiger partial charge in [0.2, 0.25) is 0 Å². The maximum Gasteiger partial charge on any atom is 0.196 e. The summed E-state index contributed by atoms with van der Waals surface area (Å²) in [4.78, 5) is 0. The quantitative estimate of drug-likeness (QED) is 0.674. The average Bonchev–Trinajstić information content (AvgIpc) is 2.30. The molecule has 0 heterocycles. The molecule has 0 fully saturated rings. The average molecular weight is 264 g/mol. The topological polar surface area (TPSA) is 18.5 Å². The van der Waals surface area contributed by atoms with E-state index in [0.29, 0.717) is 12.5 Å². The van der Waals surface area contributed by atoms with Gasteiger partial charge in [-0.3, -0.25) is 0 Å². The van der Waals surface area contributed by atoms with Crippen molar-refractivity contribution in [3.05, 3.63) is 29.8 Å². The third-order valence-electron chi connectivity index (χ3n) is 3.44. The summed E-state index contributed by atoms with van der Waals surface area (Å²) in [7, 11) is 0. The van der Waals surface area contributed by atoms with E-state index in [2.05, 4.69) is 39.8 Å². The van der Waals surface area contributed by atoms with Crippen molar-refractivity contribution in [2.45, 2.75) is 60.2 Å². The van der Waals surface area contributed by atoms with Crippen LogP contribution in [-0.2, 0) is 4.74 Å². The second-order valence-corrected chi connectivity index (χ2v) is 6.04. The van der Waals surface area contributed by atoms with Crippen molar-refractivity contribution in [2.24, 2.45) is 5.41 Å². The van der Waals surface area contributed by atoms with Gasteiger partial charge in [-0.15, -0.1) is 0 Å². The number of ether oxygens (including phenoxy) is 2. The normalized spacial score (nSPS) is 15.1. The highest BCUT2D eigenvalue weighted by Gasteiger charge is 2.24. The van der Waals surface area contributed by atoms with E-state index in [9.17, 15) is 0 Å². The van der Waals surface area contributed by atoms with Crippen LogP contribution in [0.5, 0.6) is 5.75 Å². The molecule has 0 aromatic heterocycles. The number of benzene rings is 1. The summed E-state index contributed by atoms with van der Waals surface area (Å²) >= 11 is 0. The van der Waals surface area contributed by atoms with E-state index >= 15 is 0 Å². The Labute approximate surface area is 118 Å². The van der Waals surface area contributed by atoms with Gasteiger partial charge in [0.05, 0.1) is 0 Å². The predicted molar refractivity (Wildman–Crippen MR) is 80.6 cm³/mol. The van der Waals surface area contributed by atoms with Crippen LogP contribution < -0.4 is 4.74 Å². The molecular formula is C17H28O2.